The minimum absolute atomic E-state index is 0.00548. The first kappa shape index (κ1) is 32.4. The summed E-state index contributed by atoms with van der Waals surface area (Å²) in [6, 6.07) is 31.4. The third-order valence-corrected chi connectivity index (χ3v) is 10.4. The number of benzene rings is 5. The van der Waals surface area contributed by atoms with Crippen LogP contribution < -0.4 is 4.74 Å². The van der Waals surface area contributed by atoms with Crippen molar-refractivity contribution in [1.29, 1.82) is 0 Å². The van der Waals surface area contributed by atoms with Crippen LogP contribution in [0.15, 0.2) is 115 Å². The van der Waals surface area contributed by atoms with Crippen LogP contribution in [0.25, 0.3) is 0 Å². The number of ether oxygens (including phenoxy) is 1. The number of Topliss-reactive ketones (excluding diaryl/α,β-unsaturated/α-hetero) is 1. The molecule has 1 saturated heterocycles. The molecule has 0 spiro atoms. The predicted molar refractivity (Wildman–Crippen MR) is 187 cm³/mol. The van der Waals surface area contributed by atoms with Gasteiger partial charge < -0.3 is 4.74 Å². The zero-order chi connectivity index (χ0) is 35.6. The molecule has 2 bridgehead atoms. The zero-order valence-electron chi connectivity index (χ0n) is 26.4. The van der Waals surface area contributed by atoms with E-state index in [0.717, 1.165) is 32.3 Å². The van der Waals surface area contributed by atoms with Gasteiger partial charge in [0.2, 0.25) is 0 Å². The SMILES string of the molecule is O=C(CN(C(=O)c1ccc(Cl)cc1Cl)N1C(=O)[C@@H]2C3c4ccccc4C(c4ccccc43)[C@H]2C1=O)c1ccc(Oc2ccc([N+](=O)[O-])cc2)cc1. The number of nitro groups is 1. The Morgan fingerprint density at radius 2 is 1.22 bits per heavy atom. The highest BCUT2D eigenvalue weighted by molar-refractivity contribution is 6.36. The average molecular weight is 719 g/mol. The van der Waals surface area contributed by atoms with Crippen molar-refractivity contribution in [2.24, 2.45) is 11.8 Å². The van der Waals surface area contributed by atoms with E-state index >= 15 is 0 Å². The van der Waals surface area contributed by atoms with Crippen LogP contribution in [0.5, 0.6) is 11.5 Å². The van der Waals surface area contributed by atoms with Gasteiger partial charge in [-0.05, 0) is 76.9 Å². The van der Waals surface area contributed by atoms with Crippen molar-refractivity contribution >= 4 is 52.4 Å². The molecule has 0 unspecified atom stereocenters. The number of hydrogen-bond acceptors (Lipinski definition) is 7. The Morgan fingerprint density at radius 1 is 0.725 bits per heavy atom. The molecular formula is C39H25Cl2N3O7. The van der Waals surface area contributed by atoms with E-state index in [1.54, 1.807) is 0 Å². The van der Waals surface area contributed by atoms with Crippen LogP contribution in [-0.2, 0) is 9.59 Å². The number of non-ortho nitro benzene ring substituents is 1. The van der Waals surface area contributed by atoms with E-state index in [0.29, 0.717) is 11.5 Å². The van der Waals surface area contributed by atoms with Gasteiger partial charge in [0.15, 0.2) is 5.78 Å². The highest BCUT2D eigenvalue weighted by Crippen LogP contribution is 2.61. The second-order valence-electron chi connectivity index (χ2n) is 12.5. The lowest BCUT2D eigenvalue weighted by Crippen LogP contribution is -2.52. The monoisotopic (exact) mass is 717 g/mol. The summed E-state index contributed by atoms with van der Waals surface area (Å²) in [5.41, 5.74) is 3.94. The molecule has 2 atom stereocenters. The number of hydrogen-bond donors (Lipinski definition) is 0. The third kappa shape index (κ3) is 5.35. The number of nitro benzene ring substituents is 1. The van der Waals surface area contributed by atoms with Gasteiger partial charge in [0.1, 0.15) is 18.0 Å². The zero-order valence-corrected chi connectivity index (χ0v) is 28.0. The highest BCUT2D eigenvalue weighted by atomic mass is 35.5. The van der Waals surface area contributed by atoms with Crippen LogP contribution >= 0.6 is 23.2 Å². The largest absolute Gasteiger partial charge is 0.457 e. The molecule has 1 aliphatic heterocycles. The molecule has 0 aromatic heterocycles. The molecule has 3 amide bonds. The maximum absolute atomic E-state index is 14.6. The normalized spacial score (nSPS) is 19.6. The average Bonchev–Trinajstić information content (AvgIpc) is 3.40. The van der Waals surface area contributed by atoms with E-state index in [2.05, 4.69) is 0 Å². The molecule has 0 saturated carbocycles. The fraction of sp³-hybridized carbons (Fsp3) is 0.128. The Bertz CT molecular complexity index is 2180. The van der Waals surface area contributed by atoms with Gasteiger partial charge >= 0.3 is 0 Å². The molecule has 5 aromatic carbocycles. The van der Waals surface area contributed by atoms with Gasteiger partial charge in [-0.25, -0.2) is 5.01 Å². The van der Waals surface area contributed by atoms with Crippen LogP contribution in [0.2, 0.25) is 10.0 Å². The summed E-state index contributed by atoms with van der Waals surface area (Å²) in [5.74, 6) is -4.20. The fourth-order valence-corrected chi connectivity index (χ4v) is 8.13. The number of rotatable bonds is 8. The summed E-state index contributed by atoms with van der Waals surface area (Å²) < 4.78 is 5.77. The molecule has 1 fully saturated rings. The van der Waals surface area contributed by atoms with Crippen molar-refractivity contribution in [3.63, 3.8) is 0 Å². The van der Waals surface area contributed by atoms with Crippen molar-refractivity contribution in [3.8, 4) is 11.5 Å². The molecule has 4 aliphatic rings. The van der Waals surface area contributed by atoms with E-state index in [-0.39, 0.29) is 26.9 Å². The van der Waals surface area contributed by atoms with Gasteiger partial charge in [0.25, 0.3) is 23.4 Å². The quantitative estimate of drug-likeness (QED) is 0.0693. The lowest BCUT2D eigenvalue weighted by molar-refractivity contribution is -0.384. The fourth-order valence-electron chi connectivity index (χ4n) is 7.64. The first-order valence-corrected chi connectivity index (χ1v) is 16.8. The standard InChI is InChI=1S/C39H25Cl2N3O7/c40-22-11-18-30(31(41)19-22)37(46)42(20-32(45)21-9-14-24(15-10-21)51-25-16-12-23(13-17-25)44(49)50)43-38(47)35-33-26-5-1-2-6-27(26)34(36(35)39(43)48)29-8-4-3-7-28(29)33/h1-19,33-36H,20H2/t33?,34?,35-,36-/m1/s1. The van der Waals surface area contributed by atoms with Crippen molar-refractivity contribution in [1.82, 2.24) is 10.0 Å². The minimum atomic E-state index is -0.814. The van der Waals surface area contributed by atoms with Gasteiger partial charge in [-0.2, -0.15) is 5.01 Å². The molecule has 9 rings (SSSR count). The molecule has 5 aromatic rings. The van der Waals surface area contributed by atoms with Gasteiger partial charge in [-0.1, -0.05) is 71.7 Å². The van der Waals surface area contributed by atoms with Crippen molar-refractivity contribution in [3.05, 3.63) is 169 Å². The molecule has 51 heavy (non-hydrogen) atoms. The third-order valence-electron chi connectivity index (χ3n) is 9.82. The Balaban J connectivity index is 1.13. The Hall–Kier alpha value is -5.84. The van der Waals surface area contributed by atoms with Crippen LogP contribution in [-0.4, -0.2) is 45.0 Å². The smallest absolute Gasteiger partial charge is 0.274 e. The second-order valence-corrected chi connectivity index (χ2v) is 13.4. The topological polar surface area (TPSA) is 127 Å². The minimum Gasteiger partial charge on any atom is -0.457 e. The summed E-state index contributed by atoms with van der Waals surface area (Å²) in [4.78, 5) is 67.8. The number of carbonyl (C=O) groups excluding carboxylic acids is 4. The Labute approximate surface area is 300 Å². The van der Waals surface area contributed by atoms with E-state index in [4.69, 9.17) is 27.9 Å². The van der Waals surface area contributed by atoms with Crippen molar-refractivity contribution in [2.45, 2.75) is 11.8 Å². The maximum atomic E-state index is 14.6. The number of hydrazine groups is 1. The first-order chi connectivity index (χ1) is 24.6. The summed E-state index contributed by atoms with van der Waals surface area (Å²) in [5, 5.41) is 13.0. The van der Waals surface area contributed by atoms with Crippen LogP contribution in [0.1, 0.15) is 54.8 Å². The number of amides is 3. The van der Waals surface area contributed by atoms with E-state index < -0.39 is 58.6 Å². The van der Waals surface area contributed by atoms with Crippen molar-refractivity contribution < 1.29 is 28.8 Å². The maximum Gasteiger partial charge on any atom is 0.274 e. The Morgan fingerprint density at radius 3 is 1.69 bits per heavy atom. The summed E-state index contributed by atoms with van der Waals surface area (Å²) in [6.45, 7) is -0.646. The van der Waals surface area contributed by atoms with Gasteiger partial charge in [-0.15, -0.1) is 0 Å². The van der Waals surface area contributed by atoms with Gasteiger partial charge in [0.05, 0.1) is 27.3 Å². The number of nitrogens with zero attached hydrogens (tertiary/aromatic N) is 3. The molecular weight excluding hydrogens is 693 g/mol. The molecule has 1 heterocycles. The number of halogens is 2. The summed E-state index contributed by atoms with van der Waals surface area (Å²) in [6.07, 6.45) is 0. The van der Waals surface area contributed by atoms with E-state index in [9.17, 15) is 29.3 Å². The lowest BCUT2D eigenvalue weighted by Gasteiger charge is -2.45. The van der Waals surface area contributed by atoms with Crippen molar-refractivity contribution in [2.75, 3.05) is 6.54 Å². The highest BCUT2D eigenvalue weighted by Gasteiger charge is 2.63. The number of ketones is 1. The number of carbonyl (C=O) groups is 4. The molecule has 252 valence electrons. The molecule has 3 aliphatic carbocycles. The van der Waals surface area contributed by atoms with Gasteiger partial charge in [-0.3, -0.25) is 29.3 Å². The van der Waals surface area contributed by atoms with E-state index in [1.807, 2.05) is 48.5 Å². The molecule has 0 N–H and O–H groups in total. The summed E-state index contributed by atoms with van der Waals surface area (Å²) in [7, 11) is 0. The van der Waals surface area contributed by atoms with Crippen LogP contribution in [0.3, 0.4) is 0 Å². The molecule has 0 radical (unpaired) electrons. The lowest BCUT2D eigenvalue weighted by atomic mass is 9.55. The predicted octanol–water partition coefficient (Wildman–Crippen LogP) is 7.83. The first-order valence-electron chi connectivity index (χ1n) is 16.0. The van der Waals surface area contributed by atoms with Crippen LogP contribution in [0.4, 0.5) is 5.69 Å². The molecule has 12 heteroatoms. The van der Waals surface area contributed by atoms with E-state index in [1.165, 1.54) is 66.7 Å². The Kier molecular flexibility index (Phi) is 7.93. The second kappa shape index (κ2) is 12.5. The molecule has 10 nitrogen and oxygen atoms in total. The number of imide groups is 1. The van der Waals surface area contributed by atoms with Crippen LogP contribution in [0, 0.1) is 22.0 Å². The summed E-state index contributed by atoms with van der Waals surface area (Å²) >= 11 is 12.6. The van der Waals surface area contributed by atoms with Gasteiger partial charge in [0, 0.05) is 34.6 Å².